The molecule has 62 valence electrons. The molecule has 0 aromatic heterocycles. The van der Waals surface area contributed by atoms with Crippen molar-refractivity contribution in [3.63, 3.8) is 0 Å². The van der Waals surface area contributed by atoms with Crippen molar-refractivity contribution in [3.8, 4) is 0 Å². The summed E-state index contributed by atoms with van der Waals surface area (Å²) in [5.74, 6) is 0. The molecule has 1 rings (SSSR count). The Morgan fingerprint density at radius 1 is 0.700 bits per heavy atom. The molecule has 10 heavy (non-hydrogen) atoms. The van der Waals surface area contributed by atoms with E-state index in [2.05, 4.69) is 0 Å². The van der Waals surface area contributed by atoms with Gasteiger partial charge in [-0.1, -0.05) is 24.3 Å². The normalized spacial score (nSPS) is 7.20. The maximum absolute atomic E-state index is 4.83. The molecule has 0 radical (unpaired) electrons. The standard InChI is InChI=1S/C6H6S2.2Au/c7-5-1-2-6(8)4-3-5;;/h1-4,7-8H;;/q;2*+1/p-2. The Balaban J connectivity index is 0. The average Bonchev–Trinajstić information content (AvgIpc) is 1.77. The first-order chi connectivity index (χ1) is 3.79. The van der Waals surface area contributed by atoms with Gasteiger partial charge in [0.1, 0.15) is 0 Å². The van der Waals surface area contributed by atoms with Gasteiger partial charge in [-0.25, -0.2) is 0 Å². The molecule has 0 saturated carbocycles. The fourth-order valence-corrected chi connectivity index (χ4v) is 0.712. The first kappa shape index (κ1) is 13.7. The minimum atomic E-state index is 0. The molecule has 1 aromatic rings. The molecule has 0 N–H and O–H groups in total. The van der Waals surface area contributed by atoms with E-state index in [1.54, 1.807) is 0 Å². The van der Waals surface area contributed by atoms with Crippen molar-refractivity contribution in [2.75, 3.05) is 0 Å². The van der Waals surface area contributed by atoms with Gasteiger partial charge in [0.05, 0.1) is 0 Å². The summed E-state index contributed by atoms with van der Waals surface area (Å²) in [6.07, 6.45) is 0. The summed E-state index contributed by atoms with van der Waals surface area (Å²) >= 11 is 9.65. The van der Waals surface area contributed by atoms with Crippen molar-refractivity contribution < 1.29 is 44.8 Å². The van der Waals surface area contributed by atoms with Crippen molar-refractivity contribution in [2.45, 2.75) is 9.79 Å². The summed E-state index contributed by atoms with van der Waals surface area (Å²) in [7, 11) is 0. The van der Waals surface area contributed by atoms with E-state index in [-0.39, 0.29) is 44.8 Å². The quantitative estimate of drug-likeness (QED) is 0.366. The van der Waals surface area contributed by atoms with Gasteiger partial charge in [0.2, 0.25) is 0 Å². The molecular formula is C6H4Au2S2. The third kappa shape index (κ3) is 4.88. The van der Waals surface area contributed by atoms with Crippen LogP contribution in [-0.2, 0) is 70.0 Å². The van der Waals surface area contributed by atoms with E-state index in [0.29, 0.717) is 0 Å². The molecule has 1 aromatic carbocycles. The molecule has 0 aliphatic heterocycles. The molecule has 4 heteroatoms. The van der Waals surface area contributed by atoms with Crippen LogP contribution >= 0.6 is 0 Å². The van der Waals surface area contributed by atoms with Crippen LogP contribution in [0.4, 0.5) is 0 Å². The molecule has 0 aliphatic rings. The van der Waals surface area contributed by atoms with Crippen LogP contribution in [0.25, 0.3) is 0 Å². The van der Waals surface area contributed by atoms with E-state index in [4.69, 9.17) is 25.3 Å². The number of rotatable bonds is 0. The smallest absolute Gasteiger partial charge is 0.780 e. The largest absolute Gasteiger partial charge is 1.00 e. The molecule has 0 saturated heterocycles. The Morgan fingerprint density at radius 2 is 0.900 bits per heavy atom. The topological polar surface area (TPSA) is 0 Å². The zero-order valence-corrected chi connectivity index (χ0v) is 10.7. The Bertz CT molecular complexity index is 153. The average molecular weight is 534 g/mol. The maximum Gasteiger partial charge on any atom is 1.00 e. The van der Waals surface area contributed by atoms with Gasteiger partial charge in [-0.15, -0.1) is 0 Å². The second-order valence-electron chi connectivity index (χ2n) is 1.47. The SMILES string of the molecule is [Au+].[Au+].[S-]c1ccc([S-])cc1. The molecule has 0 amide bonds. The Hall–Kier alpha value is 1.14. The van der Waals surface area contributed by atoms with Crippen LogP contribution < -0.4 is 0 Å². The molecule has 0 heterocycles. The van der Waals surface area contributed by atoms with Gasteiger partial charge in [0, 0.05) is 0 Å². The first-order valence-corrected chi connectivity index (χ1v) is 3.05. The summed E-state index contributed by atoms with van der Waals surface area (Å²) in [5.41, 5.74) is 0. The molecule has 0 aliphatic carbocycles. The maximum atomic E-state index is 4.83. The summed E-state index contributed by atoms with van der Waals surface area (Å²) in [6, 6.07) is 7.32. The third-order valence-electron chi connectivity index (χ3n) is 0.824. The summed E-state index contributed by atoms with van der Waals surface area (Å²) in [6.45, 7) is 0. The van der Waals surface area contributed by atoms with Crippen LogP contribution in [0.2, 0.25) is 0 Å². The van der Waals surface area contributed by atoms with Crippen molar-refractivity contribution in [3.05, 3.63) is 24.3 Å². The second-order valence-corrected chi connectivity index (χ2v) is 2.41. The van der Waals surface area contributed by atoms with Gasteiger partial charge in [-0.05, 0) is 0 Å². The van der Waals surface area contributed by atoms with Crippen LogP contribution in [0.15, 0.2) is 34.1 Å². The van der Waals surface area contributed by atoms with Gasteiger partial charge >= 0.3 is 44.8 Å². The zero-order chi connectivity index (χ0) is 5.98. The molecule has 0 bridgehead atoms. The molecule has 0 spiro atoms. The predicted molar refractivity (Wildman–Crippen MR) is 37.7 cm³/mol. The van der Waals surface area contributed by atoms with E-state index >= 15 is 0 Å². The van der Waals surface area contributed by atoms with Gasteiger partial charge in [0.15, 0.2) is 0 Å². The number of benzene rings is 1. The van der Waals surface area contributed by atoms with Gasteiger partial charge < -0.3 is 25.3 Å². The van der Waals surface area contributed by atoms with Gasteiger partial charge in [-0.2, -0.15) is 9.79 Å². The van der Waals surface area contributed by atoms with Crippen molar-refractivity contribution in [1.82, 2.24) is 0 Å². The monoisotopic (exact) mass is 534 g/mol. The molecule has 0 nitrogen and oxygen atoms in total. The van der Waals surface area contributed by atoms with Gasteiger partial charge in [-0.3, -0.25) is 0 Å². The molecule has 0 unspecified atom stereocenters. The van der Waals surface area contributed by atoms with Crippen molar-refractivity contribution >= 4 is 25.3 Å². The van der Waals surface area contributed by atoms with Crippen molar-refractivity contribution in [1.29, 1.82) is 0 Å². The van der Waals surface area contributed by atoms with Crippen LogP contribution in [0.5, 0.6) is 0 Å². The van der Waals surface area contributed by atoms with Crippen LogP contribution in [-0.4, -0.2) is 0 Å². The second kappa shape index (κ2) is 6.83. The fraction of sp³-hybridized carbons (Fsp3) is 0. The van der Waals surface area contributed by atoms with Gasteiger partial charge in [0.25, 0.3) is 0 Å². The Labute approximate surface area is 103 Å². The third-order valence-corrected chi connectivity index (χ3v) is 1.37. The van der Waals surface area contributed by atoms with E-state index < -0.39 is 0 Å². The van der Waals surface area contributed by atoms with E-state index in [0.717, 1.165) is 9.79 Å². The first-order valence-electron chi connectivity index (χ1n) is 2.23. The summed E-state index contributed by atoms with van der Waals surface area (Å²) in [5, 5.41) is 0. The number of hydrogen-bond acceptors (Lipinski definition) is 2. The van der Waals surface area contributed by atoms with Crippen LogP contribution in [0, 0.1) is 0 Å². The Kier molecular flexibility index (Phi) is 9.36. The van der Waals surface area contributed by atoms with Crippen LogP contribution in [0.3, 0.4) is 0 Å². The molecule has 0 fully saturated rings. The Morgan fingerprint density at radius 3 is 1.10 bits per heavy atom. The van der Waals surface area contributed by atoms with E-state index in [1.807, 2.05) is 24.3 Å². The minimum Gasteiger partial charge on any atom is -0.780 e. The van der Waals surface area contributed by atoms with E-state index in [1.165, 1.54) is 0 Å². The molecule has 0 atom stereocenters. The fourth-order valence-electron chi connectivity index (χ4n) is 0.440. The minimum absolute atomic E-state index is 0. The van der Waals surface area contributed by atoms with E-state index in [9.17, 15) is 0 Å². The summed E-state index contributed by atoms with van der Waals surface area (Å²) < 4.78 is 0. The van der Waals surface area contributed by atoms with Crippen LogP contribution in [0.1, 0.15) is 0 Å². The zero-order valence-electron chi connectivity index (χ0n) is 4.73. The predicted octanol–water partition coefficient (Wildman–Crippen LogP) is 1.49. The van der Waals surface area contributed by atoms with Crippen molar-refractivity contribution in [2.24, 2.45) is 0 Å². The summed E-state index contributed by atoms with van der Waals surface area (Å²) in [4.78, 5) is 1.69. The number of hydrogen-bond donors (Lipinski definition) is 0. The molecular weight excluding hydrogens is 530 g/mol.